The summed E-state index contributed by atoms with van der Waals surface area (Å²) in [5.41, 5.74) is 16.3. The van der Waals surface area contributed by atoms with E-state index in [1.807, 2.05) is 36.1 Å². The third-order valence-electron chi connectivity index (χ3n) is 8.83. The zero-order valence-corrected chi connectivity index (χ0v) is 30.6. The Balaban J connectivity index is 1.07. The summed E-state index contributed by atoms with van der Waals surface area (Å²) < 4.78 is 21.6. The van der Waals surface area contributed by atoms with Gasteiger partial charge in [0, 0.05) is 42.2 Å². The standard InChI is InChI=1S/C37H43FN8O3S2/c1-22-20-45(21-23(2)41-22)16-6-9-25-14-15-29(27(38)19-25)49-18-8-13-31-32(35(47)48)43-37(51-31)46-17-7-10-26(34(46)40)24(3)33(39)44-36-42-28-11-4-5-12-30(28)50-36/h4-5,11-12,14-15,19,22-23,41H,7-8,10,13,16-18,20-21,39-40H2,1-3H3,(H,42,44)(H,47,48)/b33-24+. The van der Waals surface area contributed by atoms with Gasteiger partial charge in [0.2, 0.25) is 0 Å². The molecular formula is C37H43FN8O3S2. The van der Waals surface area contributed by atoms with Crippen molar-refractivity contribution in [3.05, 3.63) is 87.2 Å². The molecule has 2 aromatic heterocycles. The number of anilines is 2. The molecule has 4 heterocycles. The molecule has 2 atom stereocenters. The molecule has 2 aliphatic heterocycles. The number of para-hydroxylation sites is 1. The number of fused-ring (bicyclic) bond motifs is 1. The molecule has 14 heteroatoms. The monoisotopic (exact) mass is 730 g/mol. The maximum Gasteiger partial charge on any atom is 0.355 e. The third-order valence-corrected chi connectivity index (χ3v) is 10.9. The number of nitrogens with one attached hydrogen (secondary N) is 2. The van der Waals surface area contributed by atoms with Gasteiger partial charge >= 0.3 is 5.97 Å². The maximum absolute atomic E-state index is 14.9. The van der Waals surface area contributed by atoms with E-state index in [1.54, 1.807) is 12.1 Å². The highest BCUT2D eigenvalue weighted by molar-refractivity contribution is 7.22. The van der Waals surface area contributed by atoms with E-state index in [1.165, 1.54) is 28.7 Å². The van der Waals surface area contributed by atoms with Gasteiger partial charge in [-0.25, -0.2) is 19.2 Å². The lowest BCUT2D eigenvalue weighted by Crippen LogP contribution is -2.54. The highest BCUT2D eigenvalue weighted by Crippen LogP contribution is 2.35. The fourth-order valence-electron chi connectivity index (χ4n) is 6.43. The molecule has 51 heavy (non-hydrogen) atoms. The van der Waals surface area contributed by atoms with Crippen molar-refractivity contribution in [3.8, 4) is 17.6 Å². The summed E-state index contributed by atoms with van der Waals surface area (Å²) in [5, 5.41) is 17.9. The number of nitrogens with zero attached hydrogens (tertiary/aromatic N) is 4. The second-order valence-electron chi connectivity index (χ2n) is 12.9. The fourth-order valence-corrected chi connectivity index (χ4v) is 8.44. The van der Waals surface area contributed by atoms with Crippen LogP contribution in [0.2, 0.25) is 0 Å². The number of carbonyl (C=O) groups is 1. The molecule has 7 N–H and O–H groups in total. The summed E-state index contributed by atoms with van der Waals surface area (Å²) in [6.45, 7) is 9.51. The number of carboxylic acids is 1. The minimum absolute atomic E-state index is 0.0157. The number of aryl methyl sites for hydroxylation is 1. The number of aromatic carboxylic acids is 1. The van der Waals surface area contributed by atoms with Gasteiger partial charge in [-0.2, -0.15) is 0 Å². The second kappa shape index (κ2) is 16.1. The lowest BCUT2D eigenvalue weighted by Gasteiger charge is -2.34. The number of aromatic nitrogens is 2. The number of ether oxygens (including phenoxy) is 1. The number of piperazine rings is 1. The first-order chi connectivity index (χ1) is 24.5. The molecule has 0 bridgehead atoms. The number of rotatable bonds is 11. The zero-order chi connectivity index (χ0) is 36.1. The SMILES string of the molecule is C/C(C1=C(N)N(c2nc(C(=O)O)c(CCCOc3ccc(C#CCN4CC(C)NC(C)C4)cc3F)s2)CCC1)=C(/N)Nc1nc2ccccc2s1. The molecule has 6 rings (SSSR count). The van der Waals surface area contributed by atoms with E-state index in [0.717, 1.165) is 47.3 Å². The quantitative estimate of drug-likeness (QED) is 0.0953. The van der Waals surface area contributed by atoms with Gasteiger partial charge in [0.25, 0.3) is 0 Å². The van der Waals surface area contributed by atoms with Crippen LogP contribution in [0.3, 0.4) is 0 Å². The van der Waals surface area contributed by atoms with Gasteiger partial charge in [-0.1, -0.05) is 35.3 Å². The summed E-state index contributed by atoms with van der Waals surface area (Å²) in [7, 11) is 0. The first kappa shape index (κ1) is 36.1. The Bertz CT molecular complexity index is 1990. The molecule has 0 aliphatic carbocycles. The second-order valence-corrected chi connectivity index (χ2v) is 15.0. The molecular weight excluding hydrogens is 688 g/mol. The number of hydrogen-bond donors (Lipinski definition) is 5. The zero-order valence-electron chi connectivity index (χ0n) is 29.0. The normalized spacial score (nSPS) is 18.7. The molecule has 0 saturated carbocycles. The largest absolute Gasteiger partial charge is 0.491 e. The molecule has 1 fully saturated rings. The summed E-state index contributed by atoms with van der Waals surface area (Å²) in [6, 6.07) is 13.4. The Morgan fingerprint density at radius 1 is 1.18 bits per heavy atom. The van der Waals surface area contributed by atoms with Crippen LogP contribution < -0.4 is 31.7 Å². The molecule has 0 amide bonds. The smallest absolute Gasteiger partial charge is 0.355 e. The summed E-state index contributed by atoms with van der Waals surface area (Å²) >= 11 is 2.81. The topological polar surface area (TPSA) is 155 Å². The summed E-state index contributed by atoms with van der Waals surface area (Å²) in [6.07, 6.45) is 2.38. The summed E-state index contributed by atoms with van der Waals surface area (Å²) in [4.78, 5) is 26.0. The predicted octanol–water partition coefficient (Wildman–Crippen LogP) is 5.71. The van der Waals surface area contributed by atoms with Gasteiger partial charge in [0.15, 0.2) is 27.5 Å². The molecule has 2 aliphatic rings. The molecule has 2 aromatic carbocycles. The Hall–Kier alpha value is -4.68. The van der Waals surface area contributed by atoms with Gasteiger partial charge in [-0.3, -0.25) is 4.90 Å². The molecule has 0 spiro atoms. The molecule has 11 nitrogen and oxygen atoms in total. The van der Waals surface area contributed by atoms with E-state index in [4.69, 9.17) is 16.2 Å². The van der Waals surface area contributed by atoms with Crippen molar-refractivity contribution < 1.29 is 19.0 Å². The van der Waals surface area contributed by atoms with Gasteiger partial charge in [0.05, 0.1) is 23.4 Å². The Kier molecular flexibility index (Phi) is 11.4. The number of nitrogens with two attached hydrogens (primary N) is 2. The highest BCUT2D eigenvalue weighted by Gasteiger charge is 2.27. The van der Waals surface area contributed by atoms with Gasteiger partial charge < -0.3 is 36.8 Å². The molecule has 2 unspecified atom stereocenters. The van der Waals surface area contributed by atoms with Crippen molar-refractivity contribution in [2.24, 2.45) is 11.5 Å². The lowest BCUT2D eigenvalue weighted by atomic mass is 9.99. The van der Waals surface area contributed by atoms with Crippen LogP contribution >= 0.6 is 22.7 Å². The minimum Gasteiger partial charge on any atom is -0.491 e. The van der Waals surface area contributed by atoms with Gasteiger partial charge in [-0.15, -0.1) is 11.3 Å². The van der Waals surface area contributed by atoms with Crippen LogP contribution in [-0.4, -0.2) is 70.8 Å². The van der Waals surface area contributed by atoms with Gasteiger partial charge in [-0.05, 0) is 87.9 Å². The number of halogens is 1. The van der Waals surface area contributed by atoms with E-state index in [-0.39, 0.29) is 18.1 Å². The van der Waals surface area contributed by atoms with Crippen molar-refractivity contribution in [2.75, 3.05) is 43.0 Å². The Morgan fingerprint density at radius 3 is 2.71 bits per heavy atom. The van der Waals surface area contributed by atoms with Crippen molar-refractivity contribution in [1.82, 2.24) is 20.2 Å². The maximum atomic E-state index is 14.9. The predicted molar refractivity (Wildman–Crippen MR) is 203 cm³/mol. The average Bonchev–Trinajstić information content (AvgIpc) is 3.71. The van der Waals surface area contributed by atoms with E-state index < -0.39 is 11.8 Å². The van der Waals surface area contributed by atoms with Crippen LogP contribution in [0.25, 0.3) is 10.2 Å². The molecule has 4 aromatic rings. The molecule has 1 saturated heterocycles. The van der Waals surface area contributed by atoms with E-state index >= 15 is 0 Å². The fraction of sp³-hybridized carbons (Fsp3) is 0.378. The van der Waals surface area contributed by atoms with Crippen molar-refractivity contribution in [1.29, 1.82) is 0 Å². The van der Waals surface area contributed by atoms with E-state index in [9.17, 15) is 14.3 Å². The summed E-state index contributed by atoms with van der Waals surface area (Å²) in [5.74, 6) is 5.69. The number of benzene rings is 2. The van der Waals surface area contributed by atoms with Gasteiger partial charge in [0.1, 0.15) is 11.6 Å². The third kappa shape index (κ3) is 8.80. The Morgan fingerprint density at radius 2 is 1.96 bits per heavy atom. The van der Waals surface area contributed by atoms with E-state index in [2.05, 4.69) is 51.2 Å². The first-order valence-corrected chi connectivity index (χ1v) is 18.7. The first-order valence-electron chi connectivity index (χ1n) is 17.0. The number of carboxylic acid groups (broad SMARTS) is 1. The van der Waals surface area contributed by atoms with Crippen molar-refractivity contribution in [3.63, 3.8) is 0 Å². The number of allylic oxidation sites excluding steroid dienone is 2. The highest BCUT2D eigenvalue weighted by atomic mass is 32.1. The van der Waals surface area contributed by atoms with Crippen LogP contribution in [0.4, 0.5) is 14.7 Å². The minimum atomic E-state index is -1.11. The van der Waals surface area contributed by atoms with Crippen LogP contribution in [0.1, 0.15) is 61.0 Å². The van der Waals surface area contributed by atoms with Crippen LogP contribution in [0.15, 0.2) is 65.3 Å². The average molecular weight is 731 g/mol. The lowest BCUT2D eigenvalue weighted by molar-refractivity contribution is 0.0690. The molecule has 268 valence electrons. The molecule has 0 radical (unpaired) electrons. The Labute approximate surface area is 305 Å². The van der Waals surface area contributed by atoms with Crippen molar-refractivity contribution >= 4 is 49.1 Å². The van der Waals surface area contributed by atoms with E-state index in [0.29, 0.717) is 70.4 Å². The number of thiazole rings is 2. The van der Waals surface area contributed by atoms with Crippen molar-refractivity contribution in [2.45, 2.75) is 58.5 Å². The van der Waals surface area contributed by atoms with Crippen LogP contribution in [0.5, 0.6) is 5.75 Å². The van der Waals surface area contributed by atoms with Crippen LogP contribution in [-0.2, 0) is 6.42 Å². The van der Waals surface area contributed by atoms with Crippen LogP contribution in [0, 0.1) is 17.7 Å². The number of hydrogen-bond acceptors (Lipinski definition) is 12.